The molecule has 0 saturated heterocycles. The average Bonchev–Trinajstić information content (AvgIpc) is 2.67. The highest BCUT2D eigenvalue weighted by Gasteiger charge is 2.07. The minimum absolute atomic E-state index is 0.192. The summed E-state index contributed by atoms with van der Waals surface area (Å²) in [7, 11) is 0. The molecule has 132 valence electrons. The summed E-state index contributed by atoms with van der Waals surface area (Å²) in [4.78, 5) is 11.1. The van der Waals surface area contributed by atoms with E-state index < -0.39 is 5.97 Å². The highest BCUT2D eigenvalue weighted by Crippen LogP contribution is 2.24. The van der Waals surface area contributed by atoms with Crippen LogP contribution in [0.1, 0.15) is 21.5 Å². The van der Waals surface area contributed by atoms with E-state index in [0.717, 1.165) is 16.9 Å². The Hall–Kier alpha value is -2.98. The Labute approximate surface area is 157 Å². The maximum atomic E-state index is 11.1. The maximum Gasteiger partial charge on any atom is 0.335 e. The number of benzene rings is 3. The number of rotatable bonds is 7. The van der Waals surface area contributed by atoms with Crippen LogP contribution in [0.25, 0.3) is 0 Å². The Kier molecular flexibility index (Phi) is 5.77. The first-order valence-corrected chi connectivity index (χ1v) is 8.52. The van der Waals surface area contributed by atoms with E-state index in [-0.39, 0.29) is 5.56 Å². The fourth-order valence-corrected chi connectivity index (χ4v) is 2.66. The van der Waals surface area contributed by atoms with E-state index in [1.54, 1.807) is 6.07 Å². The monoisotopic (exact) mass is 367 g/mol. The van der Waals surface area contributed by atoms with Gasteiger partial charge in [-0.3, -0.25) is 0 Å². The maximum absolute atomic E-state index is 11.1. The Bertz CT molecular complexity index is 897. The fraction of sp³-hybridized carbons (Fsp3) is 0.0952. The number of halogens is 1. The lowest BCUT2D eigenvalue weighted by molar-refractivity contribution is 0.0697. The number of aromatic carboxylic acids is 1. The summed E-state index contributed by atoms with van der Waals surface area (Å²) in [5, 5.41) is 12.7. The van der Waals surface area contributed by atoms with Crippen molar-refractivity contribution in [1.82, 2.24) is 0 Å². The molecular formula is C21H18ClNO3. The molecule has 0 aromatic heterocycles. The zero-order valence-corrected chi connectivity index (χ0v) is 14.7. The Balaban J connectivity index is 1.64. The average molecular weight is 368 g/mol. The molecule has 0 amide bonds. The molecule has 0 saturated carbocycles. The normalized spacial score (nSPS) is 10.3. The van der Waals surface area contributed by atoms with Crippen LogP contribution in [0.5, 0.6) is 5.75 Å². The SMILES string of the molecule is O=C(O)c1ccc(Cl)c(NCc2cccc(OCc3ccccc3)c2)c1. The molecule has 0 spiro atoms. The van der Waals surface area contributed by atoms with Crippen molar-refractivity contribution in [2.75, 3.05) is 5.32 Å². The van der Waals surface area contributed by atoms with Gasteiger partial charge in [0.2, 0.25) is 0 Å². The highest BCUT2D eigenvalue weighted by molar-refractivity contribution is 6.33. The molecule has 0 heterocycles. The van der Waals surface area contributed by atoms with Crippen molar-refractivity contribution in [3.63, 3.8) is 0 Å². The summed E-state index contributed by atoms with van der Waals surface area (Å²) in [5.41, 5.74) is 2.89. The molecule has 0 aliphatic heterocycles. The number of carboxylic acid groups (broad SMARTS) is 1. The molecule has 3 aromatic rings. The summed E-state index contributed by atoms with van der Waals surface area (Å²) >= 11 is 6.14. The van der Waals surface area contributed by atoms with Crippen molar-refractivity contribution in [1.29, 1.82) is 0 Å². The van der Waals surface area contributed by atoms with E-state index in [1.165, 1.54) is 12.1 Å². The number of anilines is 1. The molecule has 0 atom stereocenters. The van der Waals surface area contributed by atoms with Crippen LogP contribution in [-0.2, 0) is 13.2 Å². The van der Waals surface area contributed by atoms with Gasteiger partial charge in [-0.1, -0.05) is 54.1 Å². The number of hydrogen-bond acceptors (Lipinski definition) is 3. The van der Waals surface area contributed by atoms with Gasteiger partial charge in [-0.05, 0) is 41.5 Å². The van der Waals surface area contributed by atoms with Crippen molar-refractivity contribution >= 4 is 23.3 Å². The number of ether oxygens (including phenoxy) is 1. The molecule has 3 aromatic carbocycles. The van der Waals surface area contributed by atoms with Crippen LogP contribution in [0.15, 0.2) is 72.8 Å². The molecule has 4 nitrogen and oxygen atoms in total. The van der Waals surface area contributed by atoms with Gasteiger partial charge in [-0.15, -0.1) is 0 Å². The van der Waals surface area contributed by atoms with E-state index in [9.17, 15) is 4.79 Å². The van der Waals surface area contributed by atoms with Crippen LogP contribution >= 0.6 is 11.6 Å². The van der Waals surface area contributed by atoms with Crippen LogP contribution in [0.4, 0.5) is 5.69 Å². The second-order valence-corrected chi connectivity index (χ2v) is 6.18. The van der Waals surface area contributed by atoms with E-state index in [2.05, 4.69) is 5.32 Å². The standard InChI is InChI=1S/C21H18ClNO3/c22-19-10-9-17(21(24)25)12-20(19)23-13-16-7-4-8-18(11-16)26-14-15-5-2-1-3-6-15/h1-12,23H,13-14H2,(H,24,25). The lowest BCUT2D eigenvalue weighted by Gasteiger charge is -2.11. The van der Waals surface area contributed by atoms with Gasteiger partial charge in [0.1, 0.15) is 12.4 Å². The zero-order valence-electron chi connectivity index (χ0n) is 14.0. The van der Waals surface area contributed by atoms with E-state index >= 15 is 0 Å². The Morgan fingerprint density at radius 1 is 0.962 bits per heavy atom. The van der Waals surface area contributed by atoms with Crippen molar-refractivity contribution in [2.45, 2.75) is 13.2 Å². The summed E-state index contributed by atoms with van der Waals surface area (Å²) in [6.45, 7) is 1.01. The summed E-state index contributed by atoms with van der Waals surface area (Å²) < 4.78 is 5.83. The van der Waals surface area contributed by atoms with Crippen molar-refractivity contribution in [3.05, 3.63) is 94.5 Å². The third-order valence-corrected chi connectivity index (χ3v) is 4.17. The lowest BCUT2D eigenvalue weighted by Crippen LogP contribution is -2.03. The van der Waals surface area contributed by atoms with Gasteiger partial charge in [-0.25, -0.2) is 4.79 Å². The molecule has 0 bridgehead atoms. The first kappa shape index (κ1) is 17.8. The van der Waals surface area contributed by atoms with E-state index in [1.807, 2.05) is 54.6 Å². The van der Waals surface area contributed by atoms with Crippen LogP contribution < -0.4 is 10.1 Å². The van der Waals surface area contributed by atoms with E-state index in [4.69, 9.17) is 21.4 Å². The van der Waals surface area contributed by atoms with E-state index in [0.29, 0.717) is 23.9 Å². The molecule has 0 aliphatic carbocycles. The first-order chi connectivity index (χ1) is 12.6. The fourth-order valence-electron chi connectivity index (χ4n) is 2.48. The summed E-state index contributed by atoms with van der Waals surface area (Å²) in [6, 6.07) is 22.3. The van der Waals surface area contributed by atoms with Gasteiger partial charge in [0.25, 0.3) is 0 Å². The molecule has 5 heteroatoms. The van der Waals surface area contributed by atoms with Gasteiger partial charge in [0.15, 0.2) is 0 Å². The van der Waals surface area contributed by atoms with Crippen LogP contribution in [-0.4, -0.2) is 11.1 Å². The summed E-state index contributed by atoms with van der Waals surface area (Å²) in [6.07, 6.45) is 0. The molecule has 3 rings (SSSR count). The Morgan fingerprint density at radius 3 is 2.50 bits per heavy atom. The number of hydrogen-bond donors (Lipinski definition) is 2. The van der Waals surface area contributed by atoms with Gasteiger partial charge in [0, 0.05) is 6.54 Å². The van der Waals surface area contributed by atoms with Gasteiger partial charge in [0.05, 0.1) is 16.3 Å². The third kappa shape index (κ3) is 4.77. The van der Waals surface area contributed by atoms with Gasteiger partial charge < -0.3 is 15.2 Å². The number of nitrogens with one attached hydrogen (secondary N) is 1. The Morgan fingerprint density at radius 2 is 1.73 bits per heavy atom. The summed E-state index contributed by atoms with van der Waals surface area (Å²) in [5.74, 6) is -0.209. The topological polar surface area (TPSA) is 58.6 Å². The molecule has 26 heavy (non-hydrogen) atoms. The predicted octanol–water partition coefficient (Wildman–Crippen LogP) is 5.23. The molecule has 2 N–H and O–H groups in total. The second kappa shape index (κ2) is 8.41. The third-order valence-electron chi connectivity index (χ3n) is 3.84. The number of carboxylic acids is 1. The van der Waals surface area contributed by atoms with Crippen LogP contribution in [0.3, 0.4) is 0 Å². The molecule has 0 aliphatic rings. The lowest BCUT2D eigenvalue weighted by atomic mass is 10.1. The first-order valence-electron chi connectivity index (χ1n) is 8.14. The van der Waals surface area contributed by atoms with Crippen molar-refractivity contribution < 1.29 is 14.6 Å². The zero-order chi connectivity index (χ0) is 18.4. The van der Waals surface area contributed by atoms with Gasteiger partial charge >= 0.3 is 5.97 Å². The predicted molar refractivity (Wildman–Crippen MR) is 103 cm³/mol. The molecule has 0 radical (unpaired) electrons. The minimum Gasteiger partial charge on any atom is -0.489 e. The molecular weight excluding hydrogens is 350 g/mol. The van der Waals surface area contributed by atoms with Crippen LogP contribution in [0, 0.1) is 0 Å². The molecule has 0 unspecified atom stereocenters. The van der Waals surface area contributed by atoms with Crippen molar-refractivity contribution in [2.24, 2.45) is 0 Å². The number of carbonyl (C=O) groups is 1. The van der Waals surface area contributed by atoms with Crippen LogP contribution in [0.2, 0.25) is 5.02 Å². The quantitative estimate of drug-likeness (QED) is 0.600. The van der Waals surface area contributed by atoms with Crippen molar-refractivity contribution in [3.8, 4) is 5.75 Å². The largest absolute Gasteiger partial charge is 0.489 e. The molecule has 0 fully saturated rings. The highest BCUT2D eigenvalue weighted by atomic mass is 35.5. The minimum atomic E-state index is -0.985. The second-order valence-electron chi connectivity index (χ2n) is 5.78. The van der Waals surface area contributed by atoms with Gasteiger partial charge in [-0.2, -0.15) is 0 Å². The smallest absolute Gasteiger partial charge is 0.335 e.